The molecule has 16 heteroatoms. The minimum Gasteiger partial charge on any atom is -0.507 e. The Hall–Kier alpha value is -4.30. The zero-order valence-corrected chi connectivity index (χ0v) is 28.0. The van der Waals surface area contributed by atoms with Crippen molar-refractivity contribution in [3.63, 3.8) is 0 Å². The van der Waals surface area contributed by atoms with Crippen molar-refractivity contribution >= 4 is 58.5 Å². The molecule has 2 heterocycles. The number of carboxylic acid groups (broad SMARTS) is 1. The summed E-state index contributed by atoms with van der Waals surface area (Å²) in [5.41, 5.74) is -1.49. The summed E-state index contributed by atoms with van der Waals surface area (Å²) < 4.78 is 73.3. The van der Waals surface area contributed by atoms with E-state index in [1.807, 2.05) is 0 Å². The number of likely N-dealkylation sites (tertiary alicyclic amines) is 1. The third-order valence-corrected chi connectivity index (χ3v) is 11.8. The number of benzene rings is 2. The van der Waals surface area contributed by atoms with E-state index in [1.54, 1.807) is 0 Å². The first-order valence-electron chi connectivity index (χ1n) is 16.0. The van der Waals surface area contributed by atoms with Gasteiger partial charge in [-0.3, -0.25) is 28.9 Å². The van der Waals surface area contributed by atoms with E-state index in [-0.39, 0.29) is 47.4 Å². The van der Waals surface area contributed by atoms with Crippen LogP contribution in [0.5, 0.6) is 5.75 Å². The Balaban J connectivity index is 1.50. The summed E-state index contributed by atoms with van der Waals surface area (Å²) in [5, 5.41) is 20.4. The molecule has 2 aromatic carbocycles. The number of allylic oxidation sites excluding steroid dienone is 3. The van der Waals surface area contributed by atoms with Gasteiger partial charge in [-0.15, -0.1) is 29.8 Å². The third-order valence-electron chi connectivity index (χ3n) is 10.4. The van der Waals surface area contributed by atoms with Crippen molar-refractivity contribution in [2.45, 2.75) is 60.6 Å². The second-order valence-electron chi connectivity index (χ2n) is 13.1. The highest BCUT2D eigenvalue weighted by Gasteiger charge is 2.77. The molecule has 0 radical (unpaired) electrons. The largest absolute Gasteiger partial charge is 0.507 e. The van der Waals surface area contributed by atoms with Gasteiger partial charge in [0.1, 0.15) is 11.4 Å². The van der Waals surface area contributed by atoms with E-state index < -0.39 is 110 Å². The first kappa shape index (κ1) is 36.5. The number of amides is 4. The summed E-state index contributed by atoms with van der Waals surface area (Å²) >= 11 is 14.2. The number of hydrogen-bond acceptors (Lipinski definition) is 6. The van der Waals surface area contributed by atoms with Crippen LogP contribution in [0.25, 0.3) is 0 Å². The quantitative estimate of drug-likeness (QED) is 0.0577. The molecule has 4 aliphatic rings. The van der Waals surface area contributed by atoms with Gasteiger partial charge in [-0.1, -0.05) is 42.3 Å². The van der Waals surface area contributed by atoms with Gasteiger partial charge in [-0.05, 0) is 43.6 Å². The summed E-state index contributed by atoms with van der Waals surface area (Å²) in [6.07, 6.45) is 3.30. The molecule has 270 valence electrons. The Labute approximate surface area is 297 Å². The van der Waals surface area contributed by atoms with Crippen LogP contribution >= 0.6 is 23.2 Å². The Bertz CT molecular complexity index is 1930. The zero-order chi connectivity index (χ0) is 37.3. The van der Waals surface area contributed by atoms with Gasteiger partial charge >= 0.3 is 5.97 Å². The fourth-order valence-corrected chi connectivity index (χ4v) is 9.01. The highest BCUT2D eigenvalue weighted by atomic mass is 35.5. The lowest BCUT2D eigenvalue weighted by atomic mass is 9.56. The van der Waals surface area contributed by atoms with Crippen LogP contribution in [0.4, 0.5) is 27.6 Å². The lowest BCUT2D eigenvalue weighted by Crippen LogP contribution is -2.60. The Kier molecular flexibility index (Phi) is 9.33. The van der Waals surface area contributed by atoms with Crippen LogP contribution in [0.3, 0.4) is 0 Å². The number of carbonyl (C=O) groups excluding carboxylic acids is 4. The van der Waals surface area contributed by atoms with Gasteiger partial charge in [0.05, 0.1) is 11.8 Å². The molecule has 51 heavy (non-hydrogen) atoms. The van der Waals surface area contributed by atoms with Crippen molar-refractivity contribution in [2.24, 2.45) is 17.8 Å². The average molecular weight is 756 g/mol. The predicted octanol–water partition coefficient (Wildman–Crippen LogP) is 6.02. The monoisotopic (exact) mass is 754 g/mol. The smallest absolute Gasteiger partial charge is 0.303 e. The molecule has 4 amide bonds. The normalized spacial score (nSPS) is 28.5. The molecule has 9 nitrogen and oxygen atoms in total. The standard InChI is InChI=1S/C35H29Cl2F5N2O7/c1-2-7-15-8-6-9-18(29(15)47)22-16-11-12-17-21(31(49)43(30(17)48)13-5-3-4-10-20(45)46)19(16)14-34(36)32(50)44(33(51)35(22,34)37)28-26(41)24(39)23(38)25(40)27(28)42/h2,6,8-9,11,17,19,21-22,47H,1,3-5,7,10,12-14H2,(H,45,46)/t17-,19+,21-,22+,34+,35-/m0/s1. The van der Waals surface area contributed by atoms with Gasteiger partial charge in [0.2, 0.25) is 17.6 Å². The van der Waals surface area contributed by atoms with Crippen LogP contribution < -0.4 is 4.90 Å². The second kappa shape index (κ2) is 13.0. The van der Waals surface area contributed by atoms with Gasteiger partial charge in [-0.25, -0.2) is 26.9 Å². The minimum absolute atomic E-state index is 0.0307. The van der Waals surface area contributed by atoms with E-state index in [4.69, 9.17) is 28.3 Å². The number of aromatic hydroxyl groups is 1. The van der Waals surface area contributed by atoms with Crippen LogP contribution in [0.2, 0.25) is 0 Å². The molecule has 0 bridgehead atoms. The second-order valence-corrected chi connectivity index (χ2v) is 14.3. The van der Waals surface area contributed by atoms with Crippen molar-refractivity contribution in [1.29, 1.82) is 0 Å². The van der Waals surface area contributed by atoms with Gasteiger partial charge in [0.15, 0.2) is 33.0 Å². The molecule has 0 aromatic heterocycles. The maximum absolute atomic E-state index is 15.2. The maximum atomic E-state index is 15.2. The summed E-state index contributed by atoms with van der Waals surface area (Å²) in [4.78, 5) is 62.4. The molecule has 3 fully saturated rings. The summed E-state index contributed by atoms with van der Waals surface area (Å²) in [5.74, 6) is -23.1. The van der Waals surface area contributed by atoms with Crippen LogP contribution in [-0.2, 0) is 30.4 Å². The van der Waals surface area contributed by atoms with E-state index >= 15 is 8.78 Å². The fraction of sp³-hybridized carbons (Fsp3) is 0.400. The van der Waals surface area contributed by atoms with Gasteiger partial charge < -0.3 is 10.2 Å². The Morgan fingerprint density at radius 1 is 0.922 bits per heavy atom. The predicted molar refractivity (Wildman–Crippen MR) is 171 cm³/mol. The number of carboxylic acids is 1. The first-order valence-corrected chi connectivity index (χ1v) is 16.8. The SMILES string of the molecule is C=CCc1cccc([C@H]2C3=CC[C@@H]4C(=O)N(CCCCCC(=O)O)C(=O)[C@@H]4[C@@H]3C[C@@]3(Cl)C(=O)N(c4c(F)c(F)c(F)c(F)c4F)C(=O)[C@@]23Cl)c1O. The molecule has 6 atom stereocenters. The van der Waals surface area contributed by atoms with Crippen LogP contribution in [0.1, 0.15) is 55.6 Å². The van der Waals surface area contributed by atoms with Crippen molar-refractivity contribution in [3.05, 3.63) is 82.7 Å². The number of phenols is 1. The van der Waals surface area contributed by atoms with Crippen LogP contribution in [0, 0.1) is 46.8 Å². The number of imide groups is 2. The molecule has 2 N–H and O–H groups in total. The van der Waals surface area contributed by atoms with Crippen LogP contribution in [0.15, 0.2) is 42.5 Å². The highest BCUT2D eigenvalue weighted by Crippen LogP contribution is 2.66. The highest BCUT2D eigenvalue weighted by molar-refractivity contribution is 6.58. The molecular formula is C35H29Cl2F5N2O7. The number of aliphatic carboxylic acids is 1. The number of carbonyl (C=O) groups is 5. The van der Waals surface area contributed by atoms with Crippen LogP contribution in [-0.4, -0.2) is 61.0 Å². The number of anilines is 1. The van der Waals surface area contributed by atoms with Crippen molar-refractivity contribution in [1.82, 2.24) is 4.90 Å². The van der Waals surface area contributed by atoms with Gasteiger partial charge in [0.25, 0.3) is 11.8 Å². The van der Waals surface area contributed by atoms with Crippen molar-refractivity contribution < 1.29 is 56.1 Å². The zero-order valence-electron chi connectivity index (χ0n) is 26.5. The topological polar surface area (TPSA) is 132 Å². The molecule has 0 unspecified atom stereocenters. The molecule has 2 saturated heterocycles. The molecule has 1 saturated carbocycles. The van der Waals surface area contributed by atoms with E-state index in [1.165, 1.54) is 30.4 Å². The average Bonchev–Trinajstić information content (AvgIpc) is 3.41. The number of halogens is 7. The number of alkyl halides is 2. The number of para-hydroxylation sites is 1. The van der Waals surface area contributed by atoms with E-state index in [9.17, 15) is 42.3 Å². The summed E-state index contributed by atoms with van der Waals surface area (Å²) in [6, 6.07) is 4.36. The van der Waals surface area contributed by atoms with Gasteiger partial charge in [-0.2, -0.15) is 0 Å². The lowest BCUT2D eigenvalue weighted by Gasteiger charge is -2.50. The minimum atomic E-state index is -2.76. The molecule has 2 aliphatic carbocycles. The third kappa shape index (κ3) is 5.19. The van der Waals surface area contributed by atoms with E-state index in [0.29, 0.717) is 19.3 Å². The summed E-state index contributed by atoms with van der Waals surface area (Å²) in [6.45, 7) is 3.62. The molecule has 2 aromatic rings. The van der Waals surface area contributed by atoms with E-state index in [0.717, 1.165) is 4.90 Å². The Morgan fingerprint density at radius 3 is 2.20 bits per heavy atom. The number of rotatable bonds is 10. The number of fused-ring (bicyclic) bond motifs is 4. The molecular weight excluding hydrogens is 726 g/mol. The van der Waals surface area contributed by atoms with Gasteiger partial charge in [0, 0.05) is 24.4 Å². The fourth-order valence-electron chi connectivity index (χ4n) is 8.09. The molecule has 6 rings (SSSR count). The first-order chi connectivity index (χ1) is 24.0. The maximum Gasteiger partial charge on any atom is 0.303 e. The number of phenolic OH excluding ortho intramolecular Hbond substituents is 1. The summed E-state index contributed by atoms with van der Waals surface area (Å²) in [7, 11) is 0. The number of hydrogen-bond donors (Lipinski definition) is 2. The number of unbranched alkanes of at least 4 members (excludes halogenated alkanes) is 2. The Morgan fingerprint density at radius 2 is 1.57 bits per heavy atom. The number of nitrogens with zero attached hydrogens (tertiary/aromatic N) is 2. The van der Waals surface area contributed by atoms with Crippen molar-refractivity contribution in [2.75, 3.05) is 11.4 Å². The molecule has 2 aliphatic heterocycles. The van der Waals surface area contributed by atoms with Crippen molar-refractivity contribution in [3.8, 4) is 5.75 Å². The molecule has 0 spiro atoms. The lowest BCUT2D eigenvalue weighted by molar-refractivity contribution is -0.141. The van der Waals surface area contributed by atoms with E-state index in [2.05, 4.69) is 6.58 Å².